The average molecular weight is 272 g/mol. The van der Waals surface area contributed by atoms with Gasteiger partial charge in [0.15, 0.2) is 0 Å². The normalized spacial score (nSPS) is 17.2. The minimum absolute atomic E-state index is 0.0536. The van der Waals surface area contributed by atoms with E-state index in [2.05, 4.69) is 36.5 Å². The van der Waals surface area contributed by atoms with E-state index < -0.39 is 0 Å². The maximum Gasteiger partial charge on any atom is 0.232 e. The van der Waals surface area contributed by atoms with Crippen LogP contribution in [0.2, 0.25) is 5.02 Å². The quantitative estimate of drug-likeness (QED) is 0.881. The van der Waals surface area contributed by atoms with Crippen LogP contribution in [-0.2, 0) is 11.2 Å². The Morgan fingerprint density at radius 1 is 1.16 bits per heavy atom. The molecule has 1 aliphatic rings. The second-order valence-corrected chi connectivity index (χ2v) is 5.40. The summed E-state index contributed by atoms with van der Waals surface area (Å²) in [6.45, 7) is 2.06. The highest BCUT2D eigenvalue weighted by atomic mass is 35.5. The number of rotatable bonds is 2. The molecule has 19 heavy (non-hydrogen) atoms. The van der Waals surface area contributed by atoms with Gasteiger partial charge in [-0.25, -0.2) is 0 Å². The first-order chi connectivity index (χ1) is 9.13. The van der Waals surface area contributed by atoms with Crippen molar-refractivity contribution in [1.82, 2.24) is 0 Å². The number of carbonyl (C=O) groups excluding carboxylic acids is 1. The second-order valence-electron chi connectivity index (χ2n) is 4.96. The van der Waals surface area contributed by atoms with Crippen LogP contribution in [0, 0.1) is 6.92 Å². The van der Waals surface area contributed by atoms with Gasteiger partial charge in [-0.05, 0) is 42.7 Å². The minimum atomic E-state index is -0.142. The van der Waals surface area contributed by atoms with Crippen LogP contribution in [0.15, 0.2) is 42.5 Å². The Morgan fingerprint density at radius 2 is 1.89 bits per heavy atom. The maximum absolute atomic E-state index is 12.1. The fraction of sp³-hybridized carbons (Fsp3) is 0.188. The number of amides is 1. The molecule has 0 saturated carbocycles. The summed E-state index contributed by atoms with van der Waals surface area (Å²) in [6, 6.07) is 13.8. The second kappa shape index (κ2) is 4.71. The van der Waals surface area contributed by atoms with Crippen LogP contribution in [0.5, 0.6) is 0 Å². The molecule has 96 valence electrons. The zero-order valence-corrected chi connectivity index (χ0v) is 11.4. The third kappa shape index (κ3) is 2.36. The van der Waals surface area contributed by atoms with Crippen molar-refractivity contribution in [3.05, 3.63) is 64.2 Å². The summed E-state index contributed by atoms with van der Waals surface area (Å²) >= 11 is 6.02. The molecule has 2 aromatic carbocycles. The van der Waals surface area contributed by atoms with Crippen molar-refractivity contribution >= 4 is 23.2 Å². The van der Waals surface area contributed by atoms with E-state index in [1.54, 1.807) is 6.07 Å². The fourth-order valence-corrected chi connectivity index (χ4v) is 2.64. The van der Waals surface area contributed by atoms with Crippen molar-refractivity contribution in [2.45, 2.75) is 19.3 Å². The van der Waals surface area contributed by atoms with E-state index in [-0.39, 0.29) is 11.8 Å². The number of anilines is 1. The van der Waals surface area contributed by atoms with Crippen molar-refractivity contribution in [3.8, 4) is 0 Å². The summed E-state index contributed by atoms with van der Waals surface area (Å²) in [4.78, 5) is 12.1. The molecule has 1 aliphatic heterocycles. The number of hydrogen-bond donors (Lipinski definition) is 1. The van der Waals surface area contributed by atoms with Gasteiger partial charge in [0.2, 0.25) is 5.91 Å². The van der Waals surface area contributed by atoms with Gasteiger partial charge in [-0.1, -0.05) is 41.4 Å². The van der Waals surface area contributed by atoms with Crippen LogP contribution in [0.4, 0.5) is 5.69 Å². The standard InChI is InChI=1S/C16H14ClNO/c1-10-2-4-11(5-3-10)8-14-13-9-12(17)6-7-15(13)18-16(14)19/h2-7,9,14H,8H2,1H3,(H,18,19)/t14-/m0/s1. The monoisotopic (exact) mass is 271 g/mol. The summed E-state index contributed by atoms with van der Waals surface area (Å²) in [6.07, 6.45) is 0.708. The van der Waals surface area contributed by atoms with Gasteiger partial charge in [-0.3, -0.25) is 4.79 Å². The lowest BCUT2D eigenvalue weighted by atomic mass is 9.93. The fourth-order valence-electron chi connectivity index (χ4n) is 2.46. The highest BCUT2D eigenvalue weighted by Crippen LogP contribution is 2.36. The number of aryl methyl sites for hydroxylation is 1. The number of carbonyl (C=O) groups is 1. The molecule has 0 aromatic heterocycles. The van der Waals surface area contributed by atoms with Crippen molar-refractivity contribution in [2.75, 3.05) is 5.32 Å². The van der Waals surface area contributed by atoms with Gasteiger partial charge in [0, 0.05) is 10.7 Å². The first-order valence-electron chi connectivity index (χ1n) is 6.29. The molecule has 3 rings (SSSR count). The van der Waals surface area contributed by atoms with Gasteiger partial charge < -0.3 is 5.32 Å². The third-order valence-electron chi connectivity index (χ3n) is 3.52. The summed E-state index contributed by atoms with van der Waals surface area (Å²) in [5.74, 6) is -0.0887. The Hall–Kier alpha value is -1.80. The predicted octanol–water partition coefficient (Wildman–Crippen LogP) is 3.93. The molecule has 2 aromatic rings. The zero-order valence-electron chi connectivity index (χ0n) is 10.6. The first-order valence-corrected chi connectivity index (χ1v) is 6.67. The number of halogens is 1. The lowest BCUT2D eigenvalue weighted by molar-refractivity contribution is -0.117. The maximum atomic E-state index is 12.1. The Balaban J connectivity index is 1.91. The molecule has 1 amide bonds. The van der Waals surface area contributed by atoms with Gasteiger partial charge >= 0.3 is 0 Å². The molecule has 0 spiro atoms. The van der Waals surface area contributed by atoms with Crippen molar-refractivity contribution in [1.29, 1.82) is 0 Å². The van der Waals surface area contributed by atoms with E-state index in [1.165, 1.54) is 11.1 Å². The molecule has 1 heterocycles. The van der Waals surface area contributed by atoms with Gasteiger partial charge in [0.1, 0.15) is 0 Å². The Kier molecular flexibility index (Phi) is 3.03. The summed E-state index contributed by atoms with van der Waals surface area (Å²) in [5.41, 5.74) is 4.27. The summed E-state index contributed by atoms with van der Waals surface area (Å²) in [7, 11) is 0. The molecular formula is C16H14ClNO. The molecule has 0 saturated heterocycles. The lowest BCUT2D eigenvalue weighted by Crippen LogP contribution is -2.14. The minimum Gasteiger partial charge on any atom is -0.325 e. The van der Waals surface area contributed by atoms with E-state index in [4.69, 9.17) is 11.6 Å². The van der Waals surface area contributed by atoms with Crippen LogP contribution < -0.4 is 5.32 Å². The molecule has 0 unspecified atom stereocenters. The topological polar surface area (TPSA) is 29.1 Å². The van der Waals surface area contributed by atoms with Gasteiger partial charge in [0.25, 0.3) is 0 Å². The van der Waals surface area contributed by atoms with Crippen LogP contribution in [0.1, 0.15) is 22.6 Å². The Morgan fingerprint density at radius 3 is 2.63 bits per heavy atom. The molecule has 0 radical (unpaired) electrons. The largest absolute Gasteiger partial charge is 0.325 e. The predicted molar refractivity (Wildman–Crippen MR) is 77.7 cm³/mol. The number of hydrogen-bond acceptors (Lipinski definition) is 1. The Bertz CT molecular complexity index is 634. The molecular weight excluding hydrogens is 258 g/mol. The number of benzene rings is 2. The van der Waals surface area contributed by atoms with Crippen molar-refractivity contribution in [3.63, 3.8) is 0 Å². The first kappa shape index (κ1) is 12.2. The molecule has 3 heteroatoms. The van der Waals surface area contributed by atoms with E-state index in [0.29, 0.717) is 11.4 Å². The molecule has 0 fully saturated rings. The van der Waals surface area contributed by atoms with E-state index in [0.717, 1.165) is 11.3 Å². The number of fused-ring (bicyclic) bond motifs is 1. The molecule has 1 atom stereocenters. The summed E-state index contributed by atoms with van der Waals surface area (Å²) in [5, 5.41) is 3.58. The van der Waals surface area contributed by atoms with Gasteiger partial charge in [-0.2, -0.15) is 0 Å². The SMILES string of the molecule is Cc1ccc(C[C@@H]2C(=O)Nc3ccc(Cl)cc32)cc1. The van der Waals surface area contributed by atoms with E-state index in [9.17, 15) is 4.79 Å². The van der Waals surface area contributed by atoms with Crippen LogP contribution >= 0.6 is 11.6 Å². The van der Waals surface area contributed by atoms with E-state index >= 15 is 0 Å². The lowest BCUT2D eigenvalue weighted by Gasteiger charge is -2.09. The van der Waals surface area contributed by atoms with Gasteiger partial charge in [0.05, 0.1) is 5.92 Å². The average Bonchev–Trinajstić information content (AvgIpc) is 2.69. The van der Waals surface area contributed by atoms with Gasteiger partial charge in [-0.15, -0.1) is 0 Å². The zero-order chi connectivity index (χ0) is 13.4. The molecule has 1 N–H and O–H groups in total. The Labute approximate surface area is 117 Å². The third-order valence-corrected chi connectivity index (χ3v) is 3.76. The molecule has 2 nitrogen and oxygen atoms in total. The van der Waals surface area contributed by atoms with E-state index in [1.807, 2.05) is 12.1 Å². The highest BCUT2D eigenvalue weighted by Gasteiger charge is 2.30. The highest BCUT2D eigenvalue weighted by molar-refractivity contribution is 6.31. The smallest absolute Gasteiger partial charge is 0.232 e. The number of nitrogens with one attached hydrogen (secondary N) is 1. The summed E-state index contributed by atoms with van der Waals surface area (Å²) < 4.78 is 0. The van der Waals surface area contributed by atoms with Crippen molar-refractivity contribution in [2.24, 2.45) is 0 Å². The van der Waals surface area contributed by atoms with Crippen molar-refractivity contribution < 1.29 is 4.79 Å². The van der Waals surface area contributed by atoms with Crippen LogP contribution in [0.3, 0.4) is 0 Å². The van der Waals surface area contributed by atoms with Crippen LogP contribution in [0.25, 0.3) is 0 Å². The van der Waals surface area contributed by atoms with Crippen LogP contribution in [-0.4, -0.2) is 5.91 Å². The molecule has 0 bridgehead atoms. The molecule has 0 aliphatic carbocycles.